The molecular formula is C17H21FN4O. The van der Waals surface area contributed by atoms with Gasteiger partial charge >= 0.3 is 6.03 Å². The number of nitrogens with one attached hydrogen (secondary N) is 1. The largest absolute Gasteiger partial charge is 0.323 e. The minimum atomic E-state index is -0.235. The lowest BCUT2D eigenvalue weighted by atomic mass is 10.0. The molecule has 1 N–H and O–H groups in total. The molecule has 1 aromatic heterocycles. The molecule has 6 heteroatoms. The Hall–Kier alpha value is -2.37. The Kier molecular flexibility index (Phi) is 4.32. The molecule has 1 unspecified atom stereocenters. The summed E-state index contributed by atoms with van der Waals surface area (Å²) in [5.41, 5.74) is 1.92. The van der Waals surface area contributed by atoms with Crippen LogP contribution in [0.3, 0.4) is 0 Å². The molecule has 2 aromatic rings. The van der Waals surface area contributed by atoms with Crippen LogP contribution >= 0.6 is 0 Å². The van der Waals surface area contributed by atoms with Gasteiger partial charge in [-0.25, -0.2) is 9.18 Å². The lowest BCUT2D eigenvalue weighted by molar-refractivity contribution is 0.206. The van der Waals surface area contributed by atoms with Gasteiger partial charge < -0.3 is 4.90 Å². The quantitative estimate of drug-likeness (QED) is 0.946. The van der Waals surface area contributed by atoms with E-state index < -0.39 is 0 Å². The number of anilines is 1. The minimum absolute atomic E-state index is 0.0994. The zero-order valence-electron chi connectivity index (χ0n) is 13.4. The van der Waals surface area contributed by atoms with Crippen LogP contribution < -0.4 is 5.32 Å². The Bertz CT molecular complexity index is 695. The summed E-state index contributed by atoms with van der Waals surface area (Å²) < 4.78 is 14.7. The average Bonchev–Trinajstić information content (AvgIpc) is 3.08. The first-order chi connectivity index (χ1) is 11.0. The standard InChI is InChI=1S/C17H21FN4O/c1-12-10-16(21(2)20-12)19-17(23)22-9-3-4-15(22)11-13-5-7-14(18)8-6-13/h5-8,10,15H,3-4,9,11H2,1-2H3,(H,19,23). The van der Waals surface area contributed by atoms with Gasteiger partial charge in [0.2, 0.25) is 0 Å². The number of carbonyl (C=O) groups is 1. The highest BCUT2D eigenvalue weighted by Gasteiger charge is 2.29. The van der Waals surface area contributed by atoms with E-state index in [1.54, 1.807) is 16.8 Å². The number of carbonyl (C=O) groups excluding carboxylic acids is 1. The summed E-state index contributed by atoms with van der Waals surface area (Å²) in [7, 11) is 1.81. The lowest BCUT2D eigenvalue weighted by Gasteiger charge is -2.25. The number of urea groups is 1. The Balaban J connectivity index is 1.67. The SMILES string of the molecule is Cc1cc(NC(=O)N2CCCC2Cc2ccc(F)cc2)n(C)n1. The van der Waals surface area contributed by atoms with Crippen molar-refractivity contribution in [3.8, 4) is 0 Å². The molecule has 3 rings (SSSR count). The second kappa shape index (κ2) is 6.40. The molecule has 1 aromatic carbocycles. The van der Waals surface area contributed by atoms with Crippen LogP contribution in [0.5, 0.6) is 0 Å². The predicted octanol–water partition coefficient (Wildman–Crippen LogP) is 3.11. The van der Waals surface area contributed by atoms with Gasteiger partial charge in [-0.05, 0) is 43.9 Å². The van der Waals surface area contributed by atoms with Crippen molar-refractivity contribution < 1.29 is 9.18 Å². The molecule has 122 valence electrons. The summed E-state index contributed by atoms with van der Waals surface area (Å²) in [6, 6.07) is 8.40. The summed E-state index contributed by atoms with van der Waals surface area (Å²) in [4.78, 5) is 14.4. The van der Waals surface area contributed by atoms with Gasteiger partial charge in [0.1, 0.15) is 11.6 Å². The number of hydrogen-bond acceptors (Lipinski definition) is 2. The van der Waals surface area contributed by atoms with E-state index in [4.69, 9.17) is 0 Å². The van der Waals surface area contributed by atoms with Gasteiger partial charge in [-0.15, -0.1) is 0 Å². The summed E-state index contributed by atoms with van der Waals surface area (Å²) in [5, 5.41) is 7.16. The molecule has 1 aliphatic rings. The molecule has 0 aliphatic carbocycles. The van der Waals surface area contributed by atoms with Crippen LogP contribution in [0.15, 0.2) is 30.3 Å². The van der Waals surface area contributed by atoms with Crippen molar-refractivity contribution in [2.24, 2.45) is 7.05 Å². The van der Waals surface area contributed by atoms with Gasteiger partial charge in [0.25, 0.3) is 0 Å². The highest BCUT2D eigenvalue weighted by Crippen LogP contribution is 2.22. The third-order valence-electron chi connectivity index (χ3n) is 4.26. The first-order valence-electron chi connectivity index (χ1n) is 7.85. The second-order valence-electron chi connectivity index (χ2n) is 6.04. The number of likely N-dealkylation sites (tertiary alicyclic amines) is 1. The lowest BCUT2D eigenvalue weighted by Crippen LogP contribution is -2.40. The first kappa shape index (κ1) is 15.5. The molecule has 1 aliphatic heterocycles. The van der Waals surface area contributed by atoms with Gasteiger partial charge in [-0.3, -0.25) is 10.00 Å². The van der Waals surface area contributed by atoms with Gasteiger partial charge in [-0.2, -0.15) is 5.10 Å². The van der Waals surface area contributed by atoms with Crippen molar-refractivity contribution in [2.75, 3.05) is 11.9 Å². The summed E-state index contributed by atoms with van der Waals surface area (Å²) in [6.45, 7) is 2.64. The third-order valence-corrected chi connectivity index (χ3v) is 4.26. The smallest absolute Gasteiger partial charge is 0.321 e. The van der Waals surface area contributed by atoms with E-state index in [9.17, 15) is 9.18 Å². The maximum Gasteiger partial charge on any atom is 0.323 e. The van der Waals surface area contributed by atoms with Crippen molar-refractivity contribution >= 4 is 11.8 Å². The van der Waals surface area contributed by atoms with Crippen molar-refractivity contribution in [1.82, 2.24) is 14.7 Å². The van der Waals surface area contributed by atoms with Crippen molar-refractivity contribution in [3.63, 3.8) is 0 Å². The number of aryl methyl sites for hydroxylation is 2. The topological polar surface area (TPSA) is 50.2 Å². The fourth-order valence-corrected chi connectivity index (χ4v) is 3.12. The zero-order valence-corrected chi connectivity index (χ0v) is 13.4. The van der Waals surface area contributed by atoms with Gasteiger partial charge in [0, 0.05) is 25.7 Å². The molecule has 0 bridgehead atoms. The van der Waals surface area contributed by atoms with E-state index in [-0.39, 0.29) is 17.9 Å². The number of aromatic nitrogens is 2. The van der Waals surface area contributed by atoms with Crippen molar-refractivity contribution in [2.45, 2.75) is 32.2 Å². The number of nitrogens with zero attached hydrogens (tertiary/aromatic N) is 3. The minimum Gasteiger partial charge on any atom is -0.321 e. The molecule has 0 spiro atoms. The van der Waals surface area contributed by atoms with Gasteiger partial charge in [0.15, 0.2) is 0 Å². The molecule has 0 radical (unpaired) electrons. The first-order valence-corrected chi connectivity index (χ1v) is 7.85. The van der Waals surface area contributed by atoms with Crippen LogP contribution in [0.4, 0.5) is 15.0 Å². The maximum atomic E-state index is 13.0. The zero-order chi connectivity index (χ0) is 16.4. The van der Waals surface area contributed by atoms with E-state index in [1.807, 2.05) is 24.9 Å². The van der Waals surface area contributed by atoms with Crippen molar-refractivity contribution in [3.05, 3.63) is 47.4 Å². The van der Waals surface area contributed by atoms with E-state index >= 15 is 0 Å². The Morgan fingerprint density at radius 1 is 1.39 bits per heavy atom. The highest BCUT2D eigenvalue weighted by molar-refractivity contribution is 5.88. The molecule has 2 amide bonds. The number of halogens is 1. The molecule has 1 fully saturated rings. The Morgan fingerprint density at radius 3 is 2.78 bits per heavy atom. The fraction of sp³-hybridized carbons (Fsp3) is 0.412. The van der Waals surface area contributed by atoms with E-state index in [1.165, 1.54) is 12.1 Å². The second-order valence-corrected chi connectivity index (χ2v) is 6.04. The van der Waals surface area contributed by atoms with E-state index in [0.717, 1.165) is 37.1 Å². The average molecular weight is 316 g/mol. The molecule has 2 heterocycles. The van der Waals surface area contributed by atoms with Crippen LogP contribution in [0.2, 0.25) is 0 Å². The summed E-state index contributed by atoms with van der Waals surface area (Å²) in [5.74, 6) is 0.460. The van der Waals surface area contributed by atoms with Crippen LogP contribution in [0, 0.1) is 12.7 Å². The summed E-state index contributed by atoms with van der Waals surface area (Å²) in [6.07, 6.45) is 2.71. The van der Waals surface area contributed by atoms with Crippen LogP contribution in [0.25, 0.3) is 0 Å². The normalized spacial score (nSPS) is 17.5. The fourth-order valence-electron chi connectivity index (χ4n) is 3.12. The molecular weight excluding hydrogens is 295 g/mol. The van der Waals surface area contributed by atoms with Gasteiger partial charge in [0.05, 0.1) is 5.69 Å². The molecule has 5 nitrogen and oxygen atoms in total. The Labute approximate surface area is 135 Å². The molecule has 0 saturated carbocycles. The highest BCUT2D eigenvalue weighted by atomic mass is 19.1. The van der Waals surface area contributed by atoms with Crippen LogP contribution in [0.1, 0.15) is 24.1 Å². The monoisotopic (exact) mass is 316 g/mol. The van der Waals surface area contributed by atoms with Crippen LogP contribution in [-0.4, -0.2) is 33.3 Å². The molecule has 23 heavy (non-hydrogen) atoms. The predicted molar refractivity (Wildman–Crippen MR) is 86.8 cm³/mol. The van der Waals surface area contributed by atoms with E-state index in [2.05, 4.69) is 10.4 Å². The number of benzene rings is 1. The van der Waals surface area contributed by atoms with Crippen molar-refractivity contribution in [1.29, 1.82) is 0 Å². The molecule has 1 saturated heterocycles. The number of rotatable bonds is 3. The van der Waals surface area contributed by atoms with Crippen LogP contribution in [-0.2, 0) is 13.5 Å². The van der Waals surface area contributed by atoms with Gasteiger partial charge in [-0.1, -0.05) is 12.1 Å². The maximum absolute atomic E-state index is 13.0. The number of hydrogen-bond donors (Lipinski definition) is 1. The van der Waals surface area contributed by atoms with E-state index in [0.29, 0.717) is 5.82 Å². The number of amides is 2. The summed E-state index contributed by atoms with van der Waals surface area (Å²) >= 11 is 0. The molecule has 1 atom stereocenters. The third kappa shape index (κ3) is 3.52. The Morgan fingerprint density at radius 2 is 2.13 bits per heavy atom.